The van der Waals surface area contributed by atoms with Gasteiger partial charge in [-0.05, 0) is 61.0 Å². The summed E-state index contributed by atoms with van der Waals surface area (Å²) < 4.78 is 7.13. The molecule has 7 nitrogen and oxygen atoms in total. The number of hydrogen-bond donors (Lipinski definition) is 1. The normalized spacial score (nSPS) is 10.5. The first kappa shape index (κ1) is 21.0. The standard InChI is InChI=1S/C25H22N4O3/c30-24(27-20-10-12-22(13-11-20)32-21-7-2-1-3-8-21)9-5-17-29-25(31)15-14-23(28-29)19-6-4-16-26-18-19/h1-4,6-8,10-16,18H,5,9,17H2,(H,27,30). The van der Waals surface area contributed by atoms with Gasteiger partial charge >= 0.3 is 0 Å². The van der Waals surface area contributed by atoms with Crippen LogP contribution in [0.5, 0.6) is 11.5 Å². The van der Waals surface area contributed by atoms with Crippen molar-refractivity contribution in [3.63, 3.8) is 0 Å². The van der Waals surface area contributed by atoms with Crippen LogP contribution in [0.4, 0.5) is 5.69 Å². The molecule has 2 aromatic carbocycles. The highest BCUT2D eigenvalue weighted by Crippen LogP contribution is 2.22. The summed E-state index contributed by atoms with van der Waals surface area (Å²) >= 11 is 0. The summed E-state index contributed by atoms with van der Waals surface area (Å²) in [6.45, 7) is 0.351. The molecule has 2 heterocycles. The van der Waals surface area contributed by atoms with E-state index < -0.39 is 0 Å². The number of ether oxygens (including phenoxy) is 1. The van der Waals surface area contributed by atoms with E-state index >= 15 is 0 Å². The molecule has 4 aromatic rings. The molecule has 160 valence electrons. The maximum atomic E-state index is 12.3. The van der Waals surface area contributed by atoms with Crippen LogP contribution in [-0.4, -0.2) is 20.7 Å². The van der Waals surface area contributed by atoms with Gasteiger partial charge in [-0.15, -0.1) is 0 Å². The maximum Gasteiger partial charge on any atom is 0.266 e. The molecule has 7 heteroatoms. The van der Waals surface area contributed by atoms with E-state index in [-0.39, 0.29) is 17.9 Å². The fourth-order valence-corrected chi connectivity index (χ4v) is 3.12. The number of amides is 1. The van der Waals surface area contributed by atoms with E-state index in [2.05, 4.69) is 15.4 Å². The Morgan fingerprint density at radius 2 is 1.69 bits per heavy atom. The molecule has 0 aliphatic carbocycles. The van der Waals surface area contributed by atoms with Gasteiger partial charge < -0.3 is 10.1 Å². The topological polar surface area (TPSA) is 86.1 Å². The molecule has 0 saturated carbocycles. The number of nitrogens with zero attached hydrogens (tertiary/aromatic N) is 3. The fraction of sp³-hybridized carbons (Fsp3) is 0.120. The van der Waals surface area contributed by atoms with Crippen molar-refractivity contribution in [3.8, 4) is 22.8 Å². The SMILES string of the molecule is O=C(CCCn1nc(-c2cccnc2)ccc1=O)Nc1ccc(Oc2ccccc2)cc1. The van der Waals surface area contributed by atoms with Crippen molar-refractivity contribution in [3.05, 3.63) is 102 Å². The highest BCUT2D eigenvalue weighted by Gasteiger charge is 2.07. The first-order valence-electron chi connectivity index (χ1n) is 10.3. The van der Waals surface area contributed by atoms with Gasteiger partial charge in [0, 0.05) is 42.7 Å². The van der Waals surface area contributed by atoms with Crippen LogP contribution >= 0.6 is 0 Å². The monoisotopic (exact) mass is 426 g/mol. The third-order valence-corrected chi connectivity index (χ3v) is 4.71. The Hall–Kier alpha value is -4.26. The Labute approximate surface area is 185 Å². The molecule has 0 bridgehead atoms. The molecule has 4 rings (SSSR count). The van der Waals surface area contributed by atoms with Crippen LogP contribution in [0.3, 0.4) is 0 Å². The van der Waals surface area contributed by atoms with Gasteiger partial charge in [0.2, 0.25) is 5.91 Å². The molecule has 2 aromatic heterocycles. The molecule has 0 unspecified atom stereocenters. The first-order chi connectivity index (χ1) is 15.7. The predicted molar refractivity (Wildman–Crippen MR) is 123 cm³/mol. The minimum atomic E-state index is -0.202. The van der Waals surface area contributed by atoms with Crippen LogP contribution in [-0.2, 0) is 11.3 Å². The molecule has 0 spiro atoms. The lowest BCUT2D eigenvalue weighted by molar-refractivity contribution is -0.116. The molecule has 0 aliphatic rings. The maximum absolute atomic E-state index is 12.3. The minimum absolute atomic E-state index is 0.127. The number of benzene rings is 2. The van der Waals surface area contributed by atoms with E-state index in [1.54, 1.807) is 42.7 Å². The van der Waals surface area contributed by atoms with Crippen LogP contribution in [0.15, 0.2) is 96.1 Å². The zero-order chi connectivity index (χ0) is 22.2. The van der Waals surface area contributed by atoms with E-state index in [1.165, 1.54) is 10.7 Å². The van der Waals surface area contributed by atoms with Crippen molar-refractivity contribution in [1.82, 2.24) is 14.8 Å². The van der Waals surface area contributed by atoms with Gasteiger partial charge in [-0.1, -0.05) is 18.2 Å². The lowest BCUT2D eigenvalue weighted by Crippen LogP contribution is -2.23. The number of aryl methyl sites for hydroxylation is 1. The second kappa shape index (κ2) is 10.2. The number of anilines is 1. The zero-order valence-electron chi connectivity index (χ0n) is 17.3. The molecule has 1 N–H and O–H groups in total. The van der Waals surface area contributed by atoms with E-state index in [0.29, 0.717) is 30.1 Å². The van der Waals surface area contributed by atoms with Gasteiger partial charge in [-0.2, -0.15) is 5.10 Å². The summed E-state index contributed by atoms with van der Waals surface area (Å²) in [7, 11) is 0. The molecular formula is C25H22N4O3. The summed E-state index contributed by atoms with van der Waals surface area (Å²) in [6.07, 6.45) is 4.14. The quantitative estimate of drug-likeness (QED) is 0.448. The Balaban J connectivity index is 1.29. The molecule has 0 aliphatic heterocycles. The van der Waals surface area contributed by atoms with Gasteiger partial charge in [0.05, 0.1) is 5.69 Å². The number of hydrogen-bond acceptors (Lipinski definition) is 5. The molecule has 32 heavy (non-hydrogen) atoms. The van der Waals surface area contributed by atoms with Crippen molar-refractivity contribution in [2.75, 3.05) is 5.32 Å². The number of pyridine rings is 1. The smallest absolute Gasteiger partial charge is 0.266 e. The van der Waals surface area contributed by atoms with E-state index in [1.807, 2.05) is 42.5 Å². The van der Waals surface area contributed by atoms with Crippen molar-refractivity contribution in [2.45, 2.75) is 19.4 Å². The van der Waals surface area contributed by atoms with Crippen LogP contribution in [0.1, 0.15) is 12.8 Å². The molecule has 0 atom stereocenters. The van der Waals surface area contributed by atoms with E-state index in [0.717, 1.165) is 11.3 Å². The van der Waals surface area contributed by atoms with E-state index in [4.69, 9.17) is 4.74 Å². The summed E-state index contributed by atoms with van der Waals surface area (Å²) in [5, 5.41) is 7.25. The number of nitrogens with one attached hydrogen (secondary N) is 1. The molecule has 0 saturated heterocycles. The number of carbonyl (C=O) groups is 1. The number of aromatic nitrogens is 3. The van der Waals surface area contributed by atoms with Crippen molar-refractivity contribution >= 4 is 11.6 Å². The lowest BCUT2D eigenvalue weighted by atomic mass is 10.2. The van der Waals surface area contributed by atoms with Gasteiger partial charge in [0.15, 0.2) is 0 Å². The zero-order valence-corrected chi connectivity index (χ0v) is 17.3. The lowest BCUT2D eigenvalue weighted by Gasteiger charge is -2.09. The Morgan fingerprint density at radius 1 is 0.906 bits per heavy atom. The van der Waals surface area contributed by atoms with Gasteiger partial charge in [-0.25, -0.2) is 4.68 Å². The first-order valence-corrected chi connectivity index (χ1v) is 10.3. The third kappa shape index (κ3) is 5.66. The Morgan fingerprint density at radius 3 is 2.44 bits per heavy atom. The Bertz CT molecular complexity index is 1220. The average molecular weight is 426 g/mol. The average Bonchev–Trinajstić information content (AvgIpc) is 2.83. The van der Waals surface area contributed by atoms with E-state index in [9.17, 15) is 9.59 Å². The molecule has 1 amide bonds. The molecule has 0 radical (unpaired) electrons. The fourth-order valence-electron chi connectivity index (χ4n) is 3.12. The number of para-hydroxylation sites is 1. The van der Waals surface area contributed by atoms with Crippen molar-refractivity contribution in [1.29, 1.82) is 0 Å². The van der Waals surface area contributed by atoms with Gasteiger partial charge in [-0.3, -0.25) is 14.6 Å². The van der Waals surface area contributed by atoms with Gasteiger partial charge in [0.25, 0.3) is 5.56 Å². The van der Waals surface area contributed by atoms with Crippen LogP contribution in [0.25, 0.3) is 11.3 Å². The number of rotatable bonds is 8. The van der Waals surface area contributed by atoms with Crippen molar-refractivity contribution in [2.24, 2.45) is 0 Å². The summed E-state index contributed by atoms with van der Waals surface area (Å²) in [5.74, 6) is 1.31. The van der Waals surface area contributed by atoms with Crippen LogP contribution in [0.2, 0.25) is 0 Å². The second-order valence-electron chi connectivity index (χ2n) is 7.11. The highest BCUT2D eigenvalue weighted by molar-refractivity contribution is 5.90. The largest absolute Gasteiger partial charge is 0.457 e. The summed E-state index contributed by atoms with van der Waals surface area (Å²) in [4.78, 5) is 28.5. The molecular weight excluding hydrogens is 404 g/mol. The molecule has 0 fully saturated rings. The predicted octanol–water partition coefficient (Wildman–Crippen LogP) is 4.52. The Kier molecular flexibility index (Phi) is 6.67. The highest BCUT2D eigenvalue weighted by atomic mass is 16.5. The van der Waals surface area contributed by atoms with Crippen LogP contribution < -0.4 is 15.6 Å². The third-order valence-electron chi connectivity index (χ3n) is 4.71. The van der Waals surface area contributed by atoms with Crippen LogP contribution in [0, 0.1) is 0 Å². The van der Waals surface area contributed by atoms with Crippen molar-refractivity contribution < 1.29 is 9.53 Å². The number of carbonyl (C=O) groups excluding carboxylic acids is 1. The summed E-state index contributed by atoms with van der Waals surface area (Å²) in [5.41, 5.74) is 1.98. The summed E-state index contributed by atoms with van der Waals surface area (Å²) in [6, 6.07) is 23.5. The van der Waals surface area contributed by atoms with Gasteiger partial charge in [0.1, 0.15) is 11.5 Å². The minimum Gasteiger partial charge on any atom is -0.457 e. The second-order valence-corrected chi connectivity index (χ2v) is 7.11.